The maximum atomic E-state index is 11.5. The van der Waals surface area contributed by atoms with E-state index in [0.717, 1.165) is 25.8 Å². The van der Waals surface area contributed by atoms with E-state index in [1.165, 1.54) is 70.6 Å². The Morgan fingerprint density at radius 3 is 1.65 bits per heavy atom. The minimum atomic E-state index is 0.251. The van der Waals surface area contributed by atoms with Crippen LogP contribution in [0.1, 0.15) is 104 Å². The minimum Gasteiger partial charge on any atom is -0.356 e. The number of carbonyl (C=O) groups excluding carboxylic acids is 1. The van der Waals surface area contributed by atoms with Crippen molar-refractivity contribution < 1.29 is 4.79 Å². The summed E-state index contributed by atoms with van der Waals surface area (Å²) in [5.41, 5.74) is 0. The van der Waals surface area contributed by atoms with Crippen molar-refractivity contribution in [3.8, 4) is 0 Å². The highest BCUT2D eigenvalue weighted by atomic mass is 16.1. The molecule has 0 aliphatic heterocycles. The highest BCUT2D eigenvalue weighted by molar-refractivity contribution is 5.75. The summed E-state index contributed by atoms with van der Waals surface area (Å²) in [5.74, 6) is 0.251. The van der Waals surface area contributed by atoms with Crippen molar-refractivity contribution in [3.63, 3.8) is 0 Å². The fraction of sp³-hybridized carbons (Fsp3) is 0.944. The Balaban J connectivity index is 3.09. The zero-order valence-corrected chi connectivity index (χ0v) is 14.0. The highest BCUT2D eigenvalue weighted by Crippen LogP contribution is 2.11. The molecule has 0 aliphatic carbocycles. The average Bonchev–Trinajstić information content (AvgIpc) is 2.45. The lowest BCUT2D eigenvalue weighted by Crippen LogP contribution is -2.23. The molecular weight excluding hydrogens is 246 g/mol. The van der Waals surface area contributed by atoms with Crippen LogP contribution < -0.4 is 5.32 Å². The first-order chi connectivity index (χ1) is 9.81. The van der Waals surface area contributed by atoms with Crippen LogP contribution in [0.5, 0.6) is 0 Å². The summed E-state index contributed by atoms with van der Waals surface area (Å²) in [4.78, 5) is 11.5. The molecule has 0 unspecified atom stereocenters. The van der Waals surface area contributed by atoms with E-state index in [9.17, 15) is 4.79 Å². The van der Waals surface area contributed by atoms with Crippen LogP contribution in [0.2, 0.25) is 0 Å². The van der Waals surface area contributed by atoms with Crippen molar-refractivity contribution in [3.05, 3.63) is 0 Å². The number of amides is 1. The monoisotopic (exact) mass is 283 g/mol. The van der Waals surface area contributed by atoms with Crippen molar-refractivity contribution >= 4 is 5.91 Å². The Bertz CT molecular complexity index is 204. The molecule has 0 aromatic heterocycles. The average molecular weight is 284 g/mol. The Labute approximate surface area is 127 Å². The topological polar surface area (TPSA) is 29.1 Å². The first-order valence-electron chi connectivity index (χ1n) is 9.08. The maximum absolute atomic E-state index is 11.5. The summed E-state index contributed by atoms with van der Waals surface area (Å²) in [7, 11) is 0. The molecular formula is C18H37NO. The van der Waals surface area contributed by atoms with Crippen LogP contribution >= 0.6 is 0 Å². The second kappa shape index (κ2) is 16.5. The fourth-order valence-electron chi connectivity index (χ4n) is 2.46. The van der Waals surface area contributed by atoms with Gasteiger partial charge in [-0.25, -0.2) is 0 Å². The van der Waals surface area contributed by atoms with Crippen molar-refractivity contribution in [2.24, 2.45) is 0 Å². The number of carbonyl (C=O) groups is 1. The number of hydrogen-bond acceptors (Lipinski definition) is 1. The maximum Gasteiger partial charge on any atom is 0.219 e. The number of hydrogen-bond donors (Lipinski definition) is 1. The van der Waals surface area contributed by atoms with Crippen molar-refractivity contribution in [2.75, 3.05) is 6.54 Å². The van der Waals surface area contributed by atoms with Gasteiger partial charge in [-0.3, -0.25) is 4.79 Å². The largest absolute Gasteiger partial charge is 0.356 e. The first-order valence-corrected chi connectivity index (χ1v) is 9.08. The van der Waals surface area contributed by atoms with Gasteiger partial charge in [0, 0.05) is 13.0 Å². The SMILES string of the molecule is CCCCCCCCCCCCC(=O)NCCCCC. The molecule has 0 aromatic rings. The van der Waals surface area contributed by atoms with Crippen molar-refractivity contribution in [2.45, 2.75) is 104 Å². The second-order valence-corrected chi connectivity index (χ2v) is 5.99. The van der Waals surface area contributed by atoms with Gasteiger partial charge in [0.05, 0.1) is 0 Å². The van der Waals surface area contributed by atoms with E-state index in [1.807, 2.05) is 0 Å². The van der Waals surface area contributed by atoms with Crippen LogP contribution in [0.4, 0.5) is 0 Å². The first kappa shape index (κ1) is 19.5. The Hall–Kier alpha value is -0.530. The molecule has 0 fully saturated rings. The Morgan fingerprint density at radius 1 is 0.650 bits per heavy atom. The van der Waals surface area contributed by atoms with E-state index in [-0.39, 0.29) is 5.91 Å². The van der Waals surface area contributed by atoms with Gasteiger partial charge in [-0.05, 0) is 12.8 Å². The molecule has 1 N–H and O–H groups in total. The van der Waals surface area contributed by atoms with Gasteiger partial charge >= 0.3 is 0 Å². The van der Waals surface area contributed by atoms with E-state index >= 15 is 0 Å². The number of nitrogens with one attached hydrogen (secondary N) is 1. The summed E-state index contributed by atoms with van der Waals surface area (Å²) in [6.45, 7) is 5.32. The molecule has 0 radical (unpaired) electrons. The summed E-state index contributed by atoms with van der Waals surface area (Å²) >= 11 is 0. The van der Waals surface area contributed by atoms with Gasteiger partial charge in [0.1, 0.15) is 0 Å². The van der Waals surface area contributed by atoms with Gasteiger partial charge in [0.15, 0.2) is 0 Å². The molecule has 0 rings (SSSR count). The van der Waals surface area contributed by atoms with Crippen molar-refractivity contribution in [1.82, 2.24) is 5.32 Å². The summed E-state index contributed by atoms with van der Waals surface area (Å²) in [6.07, 6.45) is 17.6. The molecule has 2 nitrogen and oxygen atoms in total. The minimum absolute atomic E-state index is 0.251. The summed E-state index contributed by atoms with van der Waals surface area (Å²) in [6, 6.07) is 0. The van der Waals surface area contributed by atoms with Gasteiger partial charge < -0.3 is 5.32 Å². The van der Waals surface area contributed by atoms with Gasteiger partial charge in [-0.15, -0.1) is 0 Å². The molecule has 0 atom stereocenters. The second-order valence-electron chi connectivity index (χ2n) is 5.99. The van der Waals surface area contributed by atoms with Crippen molar-refractivity contribution in [1.29, 1.82) is 0 Å². The van der Waals surface area contributed by atoms with Crippen LogP contribution in [0.15, 0.2) is 0 Å². The lowest BCUT2D eigenvalue weighted by atomic mass is 10.1. The fourth-order valence-corrected chi connectivity index (χ4v) is 2.46. The Morgan fingerprint density at radius 2 is 1.10 bits per heavy atom. The molecule has 0 bridgehead atoms. The zero-order chi connectivity index (χ0) is 14.9. The molecule has 0 saturated carbocycles. The summed E-state index contributed by atoms with van der Waals surface area (Å²) in [5, 5.41) is 3.01. The van der Waals surface area contributed by atoms with E-state index in [2.05, 4.69) is 19.2 Å². The van der Waals surface area contributed by atoms with E-state index in [4.69, 9.17) is 0 Å². The zero-order valence-electron chi connectivity index (χ0n) is 14.0. The lowest BCUT2D eigenvalue weighted by molar-refractivity contribution is -0.121. The highest BCUT2D eigenvalue weighted by Gasteiger charge is 2.00. The molecule has 0 spiro atoms. The smallest absolute Gasteiger partial charge is 0.219 e. The van der Waals surface area contributed by atoms with E-state index in [0.29, 0.717) is 0 Å². The molecule has 0 heterocycles. The lowest BCUT2D eigenvalue weighted by Gasteiger charge is -2.05. The van der Waals surface area contributed by atoms with E-state index < -0.39 is 0 Å². The van der Waals surface area contributed by atoms with Crippen LogP contribution in [0, 0.1) is 0 Å². The Kier molecular flexibility index (Phi) is 16.1. The normalized spacial score (nSPS) is 10.7. The predicted octanol–water partition coefficient (Wildman–Crippen LogP) is 5.60. The van der Waals surface area contributed by atoms with E-state index in [1.54, 1.807) is 0 Å². The number of rotatable bonds is 15. The molecule has 0 aliphatic rings. The van der Waals surface area contributed by atoms with Gasteiger partial charge in [-0.1, -0.05) is 84.5 Å². The van der Waals surface area contributed by atoms with Gasteiger partial charge in [0.2, 0.25) is 5.91 Å². The van der Waals surface area contributed by atoms with Gasteiger partial charge in [-0.2, -0.15) is 0 Å². The molecule has 2 heteroatoms. The molecule has 1 amide bonds. The third kappa shape index (κ3) is 15.5. The molecule has 20 heavy (non-hydrogen) atoms. The summed E-state index contributed by atoms with van der Waals surface area (Å²) < 4.78 is 0. The quantitative estimate of drug-likeness (QED) is 0.389. The third-order valence-electron chi connectivity index (χ3n) is 3.86. The standard InChI is InChI=1S/C18H37NO/c1-3-5-7-8-9-10-11-12-13-14-16-18(20)19-17-15-6-4-2/h3-17H2,1-2H3,(H,19,20). The van der Waals surface area contributed by atoms with Crippen LogP contribution in [-0.2, 0) is 4.79 Å². The van der Waals surface area contributed by atoms with Crippen LogP contribution in [0.3, 0.4) is 0 Å². The third-order valence-corrected chi connectivity index (χ3v) is 3.86. The molecule has 0 saturated heterocycles. The molecule has 0 aromatic carbocycles. The number of unbranched alkanes of at least 4 members (excludes halogenated alkanes) is 11. The predicted molar refractivity (Wildman–Crippen MR) is 89.0 cm³/mol. The van der Waals surface area contributed by atoms with Gasteiger partial charge in [0.25, 0.3) is 0 Å². The van der Waals surface area contributed by atoms with Crippen LogP contribution in [-0.4, -0.2) is 12.5 Å². The van der Waals surface area contributed by atoms with Crippen LogP contribution in [0.25, 0.3) is 0 Å². The molecule has 120 valence electrons.